The van der Waals surface area contributed by atoms with E-state index in [0.29, 0.717) is 5.75 Å². The fourth-order valence-corrected chi connectivity index (χ4v) is 1.82. The summed E-state index contributed by atoms with van der Waals surface area (Å²) in [5.74, 6) is 0.684. The first-order valence-electron chi connectivity index (χ1n) is 6.87. The van der Waals surface area contributed by atoms with Gasteiger partial charge in [0.2, 0.25) is 0 Å². The van der Waals surface area contributed by atoms with Crippen LogP contribution in [0.25, 0.3) is 0 Å². The summed E-state index contributed by atoms with van der Waals surface area (Å²) in [4.78, 5) is 0. The second kappa shape index (κ2) is 8.77. The number of ether oxygens (including phenoxy) is 2. The summed E-state index contributed by atoms with van der Waals surface area (Å²) in [6, 6.07) is 5.65. The average Bonchev–Trinajstić information content (AvgIpc) is 2.43. The van der Waals surface area contributed by atoms with E-state index in [4.69, 9.17) is 9.47 Å². The molecule has 4 heteroatoms. The van der Waals surface area contributed by atoms with Gasteiger partial charge in [-0.3, -0.25) is 0 Å². The molecule has 0 radical (unpaired) electrons. The number of hydrogen-bond donors (Lipinski definition) is 2. The Morgan fingerprint density at radius 3 is 2.79 bits per heavy atom. The van der Waals surface area contributed by atoms with E-state index in [9.17, 15) is 5.11 Å². The molecule has 0 aliphatic heterocycles. The van der Waals surface area contributed by atoms with Gasteiger partial charge in [0, 0.05) is 19.3 Å². The monoisotopic (exact) mass is 267 g/mol. The summed E-state index contributed by atoms with van der Waals surface area (Å²) in [5, 5.41) is 13.0. The zero-order chi connectivity index (χ0) is 14.1. The van der Waals surface area contributed by atoms with Crippen LogP contribution in [-0.2, 0) is 4.74 Å². The lowest BCUT2D eigenvalue weighted by atomic mass is 10.1. The van der Waals surface area contributed by atoms with Gasteiger partial charge in [0.05, 0.1) is 7.11 Å². The van der Waals surface area contributed by atoms with Crippen LogP contribution < -0.4 is 10.1 Å². The average molecular weight is 267 g/mol. The van der Waals surface area contributed by atoms with E-state index in [1.807, 2.05) is 12.1 Å². The van der Waals surface area contributed by atoms with Crippen molar-refractivity contribution in [1.29, 1.82) is 0 Å². The highest BCUT2D eigenvalue weighted by Gasteiger charge is 2.08. The van der Waals surface area contributed by atoms with Crippen LogP contribution in [0.15, 0.2) is 18.2 Å². The number of nitrogens with one attached hydrogen (secondary N) is 1. The van der Waals surface area contributed by atoms with E-state index in [1.165, 1.54) is 0 Å². The number of benzene rings is 1. The Morgan fingerprint density at radius 1 is 1.32 bits per heavy atom. The number of phenols is 1. The minimum Gasteiger partial charge on any atom is -0.504 e. The number of methoxy groups -OCH3 is 1. The van der Waals surface area contributed by atoms with Crippen molar-refractivity contribution >= 4 is 0 Å². The molecule has 1 aromatic carbocycles. The van der Waals surface area contributed by atoms with Gasteiger partial charge in [-0.1, -0.05) is 13.0 Å². The highest BCUT2D eigenvalue weighted by molar-refractivity contribution is 5.42. The molecule has 0 fully saturated rings. The molecule has 0 aliphatic rings. The molecule has 0 saturated carbocycles. The standard InChI is InChI=1S/C15H25NO3/c1-4-9-19-10-5-8-16-12(2)13-6-7-14(17)15(11-13)18-3/h6-7,11-12,16-17H,4-5,8-10H2,1-3H3. The van der Waals surface area contributed by atoms with Crippen molar-refractivity contribution in [3.8, 4) is 11.5 Å². The molecule has 0 aliphatic carbocycles. The Bertz CT molecular complexity index is 368. The first kappa shape index (κ1) is 15.8. The Labute approximate surface area is 115 Å². The van der Waals surface area contributed by atoms with Gasteiger partial charge in [-0.2, -0.15) is 0 Å². The normalized spacial score (nSPS) is 12.4. The minimum atomic E-state index is 0.173. The van der Waals surface area contributed by atoms with Crippen LogP contribution in [0, 0.1) is 0 Å². The molecule has 1 rings (SSSR count). The highest BCUT2D eigenvalue weighted by atomic mass is 16.5. The second-order valence-electron chi connectivity index (χ2n) is 4.57. The van der Waals surface area contributed by atoms with E-state index < -0.39 is 0 Å². The van der Waals surface area contributed by atoms with Gasteiger partial charge >= 0.3 is 0 Å². The van der Waals surface area contributed by atoms with Crippen molar-refractivity contribution in [3.63, 3.8) is 0 Å². The Kier molecular flexibility index (Phi) is 7.30. The summed E-state index contributed by atoms with van der Waals surface area (Å²) in [6.07, 6.45) is 2.07. The number of phenolic OH excluding ortho intramolecular Hbond substituents is 1. The quantitative estimate of drug-likeness (QED) is 0.675. The molecule has 108 valence electrons. The molecule has 0 spiro atoms. The number of aromatic hydroxyl groups is 1. The molecule has 0 amide bonds. The topological polar surface area (TPSA) is 50.7 Å². The fraction of sp³-hybridized carbons (Fsp3) is 0.600. The van der Waals surface area contributed by atoms with E-state index in [1.54, 1.807) is 13.2 Å². The van der Waals surface area contributed by atoms with Crippen LogP contribution >= 0.6 is 0 Å². The third-order valence-electron chi connectivity index (χ3n) is 2.97. The predicted octanol–water partition coefficient (Wildman–Crippen LogP) is 2.87. The summed E-state index contributed by atoms with van der Waals surface area (Å²) in [7, 11) is 1.56. The molecule has 1 unspecified atom stereocenters. The molecular formula is C15H25NO3. The summed E-state index contributed by atoms with van der Waals surface area (Å²) in [5.41, 5.74) is 1.10. The summed E-state index contributed by atoms with van der Waals surface area (Å²) >= 11 is 0. The molecule has 0 bridgehead atoms. The molecule has 4 nitrogen and oxygen atoms in total. The van der Waals surface area contributed by atoms with E-state index >= 15 is 0 Å². The largest absolute Gasteiger partial charge is 0.504 e. The summed E-state index contributed by atoms with van der Waals surface area (Å²) < 4.78 is 10.5. The van der Waals surface area contributed by atoms with Gasteiger partial charge in [0.25, 0.3) is 0 Å². The van der Waals surface area contributed by atoms with E-state index in [-0.39, 0.29) is 11.8 Å². The van der Waals surface area contributed by atoms with Crippen LogP contribution in [0.4, 0.5) is 0 Å². The van der Waals surface area contributed by atoms with Crippen LogP contribution in [0.3, 0.4) is 0 Å². The number of rotatable bonds is 9. The molecule has 0 aromatic heterocycles. The Morgan fingerprint density at radius 2 is 2.11 bits per heavy atom. The molecule has 1 aromatic rings. The first-order valence-corrected chi connectivity index (χ1v) is 6.87. The zero-order valence-corrected chi connectivity index (χ0v) is 12.1. The van der Waals surface area contributed by atoms with Crippen LogP contribution in [0.5, 0.6) is 11.5 Å². The molecule has 2 N–H and O–H groups in total. The van der Waals surface area contributed by atoms with Crippen molar-refractivity contribution in [1.82, 2.24) is 5.32 Å². The highest BCUT2D eigenvalue weighted by Crippen LogP contribution is 2.28. The fourth-order valence-electron chi connectivity index (χ4n) is 1.82. The third kappa shape index (κ3) is 5.49. The SMILES string of the molecule is CCCOCCCNC(C)c1ccc(O)c(OC)c1. The van der Waals surface area contributed by atoms with Crippen molar-refractivity contribution in [2.75, 3.05) is 26.9 Å². The lowest BCUT2D eigenvalue weighted by Crippen LogP contribution is -2.21. The van der Waals surface area contributed by atoms with E-state index in [2.05, 4.69) is 19.2 Å². The maximum atomic E-state index is 9.55. The number of hydrogen-bond acceptors (Lipinski definition) is 4. The van der Waals surface area contributed by atoms with Crippen molar-refractivity contribution < 1.29 is 14.6 Å². The Balaban J connectivity index is 2.34. The molecule has 1 atom stereocenters. The van der Waals surface area contributed by atoms with Gasteiger partial charge < -0.3 is 19.9 Å². The zero-order valence-electron chi connectivity index (χ0n) is 12.1. The molecule has 0 heterocycles. The maximum absolute atomic E-state index is 9.55. The van der Waals surface area contributed by atoms with Crippen LogP contribution in [-0.4, -0.2) is 32.0 Å². The van der Waals surface area contributed by atoms with E-state index in [0.717, 1.165) is 38.2 Å². The second-order valence-corrected chi connectivity index (χ2v) is 4.57. The molecular weight excluding hydrogens is 242 g/mol. The minimum absolute atomic E-state index is 0.173. The van der Waals surface area contributed by atoms with Gasteiger partial charge in [-0.05, 0) is 44.0 Å². The van der Waals surface area contributed by atoms with Crippen molar-refractivity contribution in [2.24, 2.45) is 0 Å². The smallest absolute Gasteiger partial charge is 0.160 e. The van der Waals surface area contributed by atoms with Crippen molar-refractivity contribution in [2.45, 2.75) is 32.7 Å². The van der Waals surface area contributed by atoms with Gasteiger partial charge in [-0.25, -0.2) is 0 Å². The third-order valence-corrected chi connectivity index (χ3v) is 2.97. The van der Waals surface area contributed by atoms with Crippen molar-refractivity contribution in [3.05, 3.63) is 23.8 Å². The first-order chi connectivity index (χ1) is 9.19. The lowest BCUT2D eigenvalue weighted by Gasteiger charge is -2.15. The van der Waals surface area contributed by atoms with Gasteiger partial charge in [-0.15, -0.1) is 0 Å². The Hall–Kier alpha value is -1.26. The maximum Gasteiger partial charge on any atom is 0.160 e. The lowest BCUT2D eigenvalue weighted by molar-refractivity contribution is 0.132. The van der Waals surface area contributed by atoms with Gasteiger partial charge in [0.1, 0.15) is 0 Å². The van der Waals surface area contributed by atoms with Crippen LogP contribution in [0.1, 0.15) is 38.3 Å². The van der Waals surface area contributed by atoms with Gasteiger partial charge in [0.15, 0.2) is 11.5 Å². The molecule has 0 saturated heterocycles. The summed E-state index contributed by atoms with van der Waals surface area (Å²) in [6.45, 7) is 6.75. The molecule has 19 heavy (non-hydrogen) atoms. The predicted molar refractivity (Wildman–Crippen MR) is 76.8 cm³/mol. The van der Waals surface area contributed by atoms with Crippen LogP contribution in [0.2, 0.25) is 0 Å².